The summed E-state index contributed by atoms with van der Waals surface area (Å²) in [6.45, 7) is 0.0135. The van der Waals surface area contributed by atoms with Gasteiger partial charge in [-0.15, -0.1) is 0 Å². The van der Waals surface area contributed by atoms with E-state index >= 15 is 0 Å². The highest BCUT2D eigenvalue weighted by atomic mass is 79.9. The lowest BCUT2D eigenvalue weighted by molar-refractivity contribution is -0.134. The van der Waals surface area contributed by atoms with Crippen molar-refractivity contribution < 1.29 is 19.0 Å². The Bertz CT molecular complexity index is 465. The van der Waals surface area contributed by atoms with Gasteiger partial charge in [-0.3, -0.25) is 4.79 Å². The Labute approximate surface area is 119 Å². The number of carbonyl (C=O) groups is 1. The highest BCUT2D eigenvalue weighted by Crippen LogP contribution is 2.27. The molecule has 0 unspecified atom stereocenters. The summed E-state index contributed by atoms with van der Waals surface area (Å²) in [7, 11) is 0. The Hall–Kier alpha value is -1.14. The number of aliphatic hydroxyl groups excluding tert-OH is 1. The van der Waals surface area contributed by atoms with E-state index in [-0.39, 0.29) is 30.9 Å². The van der Waals surface area contributed by atoms with Crippen molar-refractivity contribution in [2.24, 2.45) is 0 Å². The fourth-order valence-corrected chi connectivity index (χ4v) is 2.15. The number of aliphatic hydroxyl groups is 1. The van der Waals surface area contributed by atoms with Gasteiger partial charge in [0.2, 0.25) is 0 Å². The number of rotatable bonds is 6. The molecule has 0 saturated heterocycles. The molecule has 0 aromatic heterocycles. The SMILES string of the molecule is O=C(COc1ccc(Br)cc1F)N(CCO)C1CC1. The van der Waals surface area contributed by atoms with Gasteiger partial charge >= 0.3 is 0 Å². The van der Waals surface area contributed by atoms with Crippen LogP contribution in [0.2, 0.25) is 0 Å². The molecule has 4 nitrogen and oxygen atoms in total. The van der Waals surface area contributed by atoms with Crippen molar-refractivity contribution in [2.75, 3.05) is 19.8 Å². The predicted molar refractivity (Wildman–Crippen MR) is 71.4 cm³/mol. The quantitative estimate of drug-likeness (QED) is 0.866. The number of ether oxygens (including phenoxy) is 1. The van der Waals surface area contributed by atoms with Crippen molar-refractivity contribution in [1.29, 1.82) is 0 Å². The molecule has 104 valence electrons. The third kappa shape index (κ3) is 3.91. The molecule has 1 saturated carbocycles. The zero-order chi connectivity index (χ0) is 13.8. The summed E-state index contributed by atoms with van der Waals surface area (Å²) < 4.78 is 19.3. The Balaban J connectivity index is 1.91. The minimum atomic E-state index is -0.512. The zero-order valence-corrected chi connectivity index (χ0v) is 11.9. The van der Waals surface area contributed by atoms with Crippen molar-refractivity contribution in [3.05, 3.63) is 28.5 Å². The smallest absolute Gasteiger partial charge is 0.260 e. The van der Waals surface area contributed by atoms with Crippen molar-refractivity contribution in [3.8, 4) is 5.75 Å². The summed E-state index contributed by atoms with van der Waals surface area (Å²) in [6.07, 6.45) is 1.91. The molecule has 0 heterocycles. The lowest BCUT2D eigenvalue weighted by Crippen LogP contribution is -2.38. The molecule has 0 aliphatic heterocycles. The van der Waals surface area contributed by atoms with Crippen molar-refractivity contribution in [3.63, 3.8) is 0 Å². The van der Waals surface area contributed by atoms with E-state index in [1.807, 2.05) is 0 Å². The number of hydrogen-bond donors (Lipinski definition) is 1. The highest BCUT2D eigenvalue weighted by Gasteiger charge is 2.32. The van der Waals surface area contributed by atoms with E-state index in [1.165, 1.54) is 12.1 Å². The van der Waals surface area contributed by atoms with Gasteiger partial charge in [0.1, 0.15) is 0 Å². The zero-order valence-electron chi connectivity index (χ0n) is 10.3. The Morgan fingerprint density at radius 3 is 2.84 bits per heavy atom. The molecular formula is C13H15BrFNO3. The molecule has 1 amide bonds. The van der Waals surface area contributed by atoms with E-state index in [0.29, 0.717) is 11.0 Å². The average Bonchev–Trinajstić information content (AvgIpc) is 3.18. The molecule has 1 aliphatic rings. The molecule has 0 spiro atoms. The first-order valence-electron chi connectivity index (χ1n) is 6.10. The summed E-state index contributed by atoms with van der Waals surface area (Å²) in [6, 6.07) is 4.61. The highest BCUT2D eigenvalue weighted by molar-refractivity contribution is 9.10. The van der Waals surface area contributed by atoms with Gasteiger partial charge in [0.05, 0.1) is 6.61 Å². The summed E-state index contributed by atoms with van der Waals surface area (Å²) >= 11 is 3.15. The van der Waals surface area contributed by atoms with E-state index in [4.69, 9.17) is 9.84 Å². The van der Waals surface area contributed by atoms with E-state index in [2.05, 4.69) is 15.9 Å². The van der Waals surface area contributed by atoms with Crippen LogP contribution >= 0.6 is 15.9 Å². The second-order valence-corrected chi connectivity index (χ2v) is 5.32. The number of carbonyl (C=O) groups excluding carboxylic acids is 1. The maximum Gasteiger partial charge on any atom is 0.260 e. The molecule has 1 aromatic carbocycles. The van der Waals surface area contributed by atoms with Crippen LogP contribution in [0.1, 0.15) is 12.8 Å². The van der Waals surface area contributed by atoms with Gasteiger partial charge < -0.3 is 14.7 Å². The molecule has 6 heteroatoms. The first-order chi connectivity index (χ1) is 9.11. The largest absolute Gasteiger partial charge is 0.481 e. The molecule has 19 heavy (non-hydrogen) atoms. The van der Waals surface area contributed by atoms with Crippen LogP contribution in [0.4, 0.5) is 4.39 Å². The fraction of sp³-hybridized carbons (Fsp3) is 0.462. The van der Waals surface area contributed by atoms with E-state index in [0.717, 1.165) is 12.8 Å². The molecule has 0 radical (unpaired) electrons. The van der Waals surface area contributed by atoms with Gasteiger partial charge in [-0.1, -0.05) is 15.9 Å². The van der Waals surface area contributed by atoms with Crippen LogP contribution in [0, 0.1) is 5.82 Å². The minimum absolute atomic E-state index is 0.0521. The second kappa shape index (κ2) is 6.34. The van der Waals surface area contributed by atoms with E-state index < -0.39 is 5.82 Å². The normalized spacial score (nSPS) is 14.3. The Morgan fingerprint density at radius 2 is 2.26 bits per heavy atom. The number of benzene rings is 1. The van der Waals surface area contributed by atoms with Gasteiger partial charge in [0, 0.05) is 17.1 Å². The van der Waals surface area contributed by atoms with Gasteiger partial charge in [0.25, 0.3) is 5.91 Å². The lowest BCUT2D eigenvalue weighted by atomic mass is 10.3. The molecule has 1 aromatic rings. The molecule has 0 bridgehead atoms. The van der Waals surface area contributed by atoms with Crippen LogP contribution in [0.25, 0.3) is 0 Å². The molecule has 1 fully saturated rings. The Kier molecular flexibility index (Phi) is 4.76. The maximum atomic E-state index is 13.5. The van der Waals surface area contributed by atoms with Crippen molar-refractivity contribution in [1.82, 2.24) is 4.90 Å². The van der Waals surface area contributed by atoms with Gasteiger partial charge in [-0.2, -0.15) is 0 Å². The first kappa shape index (κ1) is 14.3. The first-order valence-corrected chi connectivity index (χ1v) is 6.89. The standard InChI is InChI=1S/C13H15BrFNO3/c14-9-1-4-12(11(15)7-9)19-8-13(18)16(5-6-17)10-2-3-10/h1,4,7,10,17H,2-3,5-6,8H2. The van der Waals surface area contributed by atoms with Crippen LogP contribution in [0.3, 0.4) is 0 Å². The van der Waals surface area contributed by atoms with E-state index in [1.54, 1.807) is 11.0 Å². The number of nitrogens with zero attached hydrogens (tertiary/aromatic N) is 1. The minimum Gasteiger partial charge on any atom is -0.481 e. The van der Waals surface area contributed by atoms with Gasteiger partial charge in [-0.05, 0) is 31.0 Å². The second-order valence-electron chi connectivity index (χ2n) is 4.41. The van der Waals surface area contributed by atoms with Crippen LogP contribution in [-0.4, -0.2) is 41.7 Å². The fourth-order valence-electron chi connectivity index (χ4n) is 1.82. The number of amides is 1. The summed E-state index contributed by atoms with van der Waals surface area (Å²) in [5.74, 6) is -0.683. The number of hydrogen-bond acceptors (Lipinski definition) is 3. The molecule has 1 aliphatic carbocycles. The van der Waals surface area contributed by atoms with Crippen LogP contribution in [-0.2, 0) is 4.79 Å². The average molecular weight is 332 g/mol. The summed E-state index contributed by atoms with van der Waals surface area (Å²) in [4.78, 5) is 13.5. The maximum absolute atomic E-state index is 13.5. The van der Waals surface area contributed by atoms with Gasteiger partial charge in [0.15, 0.2) is 18.2 Å². The Morgan fingerprint density at radius 1 is 1.53 bits per heavy atom. The third-order valence-corrected chi connectivity index (χ3v) is 3.39. The van der Waals surface area contributed by atoms with E-state index in [9.17, 15) is 9.18 Å². The molecule has 0 atom stereocenters. The monoisotopic (exact) mass is 331 g/mol. The van der Waals surface area contributed by atoms with Crippen molar-refractivity contribution in [2.45, 2.75) is 18.9 Å². The van der Waals surface area contributed by atoms with Crippen LogP contribution in [0.5, 0.6) is 5.75 Å². The van der Waals surface area contributed by atoms with Crippen LogP contribution in [0.15, 0.2) is 22.7 Å². The third-order valence-electron chi connectivity index (χ3n) is 2.89. The predicted octanol–water partition coefficient (Wildman–Crippen LogP) is 1.95. The summed E-state index contributed by atoms with van der Waals surface area (Å²) in [5.41, 5.74) is 0. The van der Waals surface area contributed by atoms with Crippen LogP contribution < -0.4 is 4.74 Å². The summed E-state index contributed by atoms with van der Waals surface area (Å²) in [5, 5.41) is 8.92. The molecule has 2 rings (SSSR count). The van der Waals surface area contributed by atoms with Crippen molar-refractivity contribution >= 4 is 21.8 Å². The number of halogens is 2. The van der Waals surface area contributed by atoms with Gasteiger partial charge in [-0.25, -0.2) is 4.39 Å². The topological polar surface area (TPSA) is 49.8 Å². The lowest BCUT2D eigenvalue weighted by Gasteiger charge is -2.21. The molecule has 1 N–H and O–H groups in total. The molecular weight excluding hydrogens is 317 g/mol.